The number of para-hydroxylation sites is 1. The molecule has 0 aliphatic carbocycles. The normalized spacial score (nSPS) is 11.5. The second-order valence-corrected chi connectivity index (χ2v) is 8.69. The van der Waals surface area contributed by atoms with Gasteiger partial charge in [0.25, 0.3) is 0 Å². The minimum Gasteiger partial charge on any atom is -0.490 e. The highest BCUT2D eigenvalue weighted by molar-refractivity contribution is 5.89. The van der Waals surface area contributed by atoms with E-state index >= 15 is 0 Å². The highest BCUT2D eigenvalue weighted by Gasteiger charge is 2.21. The summed E-state index contributed by atoms with van der Waals surface area (Å²) in [4.78, 5) is 12.8. The summed E-state index contributed by atoms with van der Waals surface area (Å²) in [6, 6.07) is 5.61. The van der Waals surface area contributed by atoms with E-state index in [4.69, 9.17) is 18.6 Å². The van der Waals surface area contributed by atoms with Crippen LogP contribution in [0.2, 0.25) is 0 Å². The Morgan fingerprint density at radius 3 is 2.30 bits per heavy atom. The maximum atomic E-state index is 12.8. The van der Waals surface area contributed by atoms with Gasteiger partial charge in [-0.3, -0.25) is 0 Å². The Kier molecular flexibility index (Phi) is 12.5. The van der Waals surface area contributed by atoms with Crippen molar-refractivity contribution >= 4 is 11.0 Å². The molecule has 0 aliphatic rings. The molecule has 0 saturated carbocycles. The molecule has 0 radical (unpaired) electrons. The van der Waals surface area contributed by atoms with Crippen LogP contribution in [0.1, 0.15) is 91.9 Å². The lowest BCUT2D eigenvalue weighted by Gasteiger charge is -2.17. The lowest BCUT2D eigenvalue weighted by molar-refractivity contribution is 0.218. The van der Waals surface area contributed by atoms with Gasteiger partial charge in [-0.25, -0.2) is 4.79 Å². The topological polar surface area (TPSA) is 57.9 Å². The number of fused-ring (bicyclic) bond motifs is 1. The van der Waals surface area contributed by atoms with Crippen molar-refractivity contribution in [1.82, 2.24) is 0 Å². The molecule has 0 saturated heterocycles. The zero-order valence-electron chi connectivity index (χ0n) is 21.0. The molecule has 5 nitrogen and oxygen atoms in total. The van der Waals surface area contributed by atoms with Crippen LogP contribution in [0.25, 0.3) is 11.0 Å². The van der Waals surface area contributed by atoms with Gasteiger partial charge in [-0.1, -0.05) is 77.0 Å². The molecule has 2 rings (SSSR count). The SMILES string of the molecule is CC/C=C/CCOc1c(OC(C)C)c2cccc(OCCCCCCCCCC)c2oc1=O. The fourth-order valence-electron chi connectivity index (χ4n) is 3.68. The average molecular weight is 459 g/mol. The summed E-state index contributed by atoms with van der Waals surface area (Å²) in [5.41, 5.74) is -0.128. The monoisotopic (exact) mass is 458 g/mol. The Hall–Kier alpha value is -2.43. The third-order valence-electron chi connectivity index (χ3n) is 5.35. The summed E-state index contributed by atoms with van der Waals surface area (Å²) in [5, 5.41) is 0.691. The van der Waals surface area contributed by atoms with Crippen molar-refractivity contribution in [2.45, 2.75) is 98.0 Å². The molecule has 0 atom stereocenters. The highest BCUT2D eigenvalue weighted by atomic mass is 16.5. The summed E-state index contributed by atoms with van der Waals surface area (Å²) in [5.74, 6) is 1.12. The van der Waals surface area contributed by atoms with Crippen molar-refractivity contribution in [1.29, 1.82) is 0 Å². The van der Waals surface area contributed by atoms with E-state index in [1.54, 1.807) is 0 Å². The molecule has 184 valence electrons. The van der Waals surface area contributed by atoms with Gasteiger partial charge in [-0.2, -0.15) is 0 Å². The fourth-order valence-corrected chi connectivity index (χ4v) is 3.68. The van der Waals surface area contributed by atoms with Gasteiger partial charge in [-0.05, 0) is 45.2 Å². The molecule has 0 N–H and O–H groups in total. The molecule has 1 aromatic carbocycles. The predicted octanol–water partition coefficient (Wildman–Crippen LogP) is 7.83. The smallest absolute Gasteiger partial charge is 0.383 e. The first-order chi connectivity index (χ1) is 16.1. The number of hydrogen-bond donors (Lipinski definition) is 0. The molecule has 1 heterocycles. The van der Waals surface area contributed by atoms with Crippen LogP contribution in [0, 0.1) is 0 Å². The molecule has 0 aliphatic heterocycles. The summed E-state index contributed by atoms with van der Waals surface area (Å²) < 4.78 is 23.5. The van der Waals surface area contributed by atoms with E-state index in [0.717, 1.165) is 19.3 Å². The van der Waals surface area contributed by atoms with Gasteiger partial charge in [0.15, 0.2) is 17.1 Å². The number of allylic oxidation sites excluding steroid dienone is 1. The molecule has 0 amide bonds. The van der Waals surface area contributed by atoms with Gasteiger partial charge in [-0.15, -0.1) is 0 Å². The maximum Gasteiger partial charge on any atom is 0.383 e. The van der Waals surface area contributed by atoms with Gasteiger partial charge < -0.3 is 18.6 Å². The van der Waals surface area contributed by atoms with Crippen molar-refractivity contribution in [3.8, 4) is 17.2 Å². The van der Waals surface area contributed by atoms with E-state index < -0.39 is 5.63 Å². The van der Waals surface area contributed by atoms with Crippen molar-refractivity contribution in [3.05, 3.63) is 40.8 Å². The second-order valence-electron chi connectivity index (χ2n) is 8.69. The largest absolute Gasteiger partial charge is 0.490 e. The van der Waals surface area contributed by atoms with E-state index in [2.05, 4.69) is 19.9 Å². The number of rotatable bonds is 17. The van der Waals surface area contributed by atoms with Crippen LogP contribution in [-0.4, -0.2) is 19.3 Å². The number of ether oxygens (including phenoxy) is 3. The molecule has 33 heavy (non-hydrogen) atoms. The zero-order valence-corrected chi connectivity index (χ0v) is 21.0. The van der Waals surface area contributed by atoms with Gasteiger partial charge in [0, 0.05) is 0 Å². The Labute approximate surface area is 199 Å². The van der Waals surface area contributed by atoms with Crippen molar-refractivity contribution in [3.63, 3.8) is 0 Å². The van der Waals surface area contributed by atoms with Crippen LogP contribution in [0.15, 0.2) is 39.6 Å². The van der Waals surface area contributed by atoms with E-state index in [1.807, 2.05) is 38.1 Å². The van der Waals surface area contributed by atoms with Crippen LogP contribution in [-0.2, 0) is 0 Å². The van der Waals surface area contributed by atoms with Crippen molar-refractivity contribution < 1.29 is 18.6 Å². The molecular weight excluding hydrogens is 416 g/mol. The van der Waals surface area contributed by atoms with Gasteiger partial charge in [0.05, 0.1) is 24.7 Å². The quantitative estimate of drug-likeness (QED) is 0.137. The fraction of sp³-hybridized carbons (Fsp3) is 0.607. The van der Waals surface area contributed by atoms with Gasteiger partial charge in [0.2, 0.25) is 5.75 Å². The molecule has 0 spiro atoms. The molecule has 0 unspecified atom stereocenters. The molecular formula is C28H42O5. The molecule has 0 bridgehead atoms. The van der Waals surface area contributed by atoms with Crippen LogP contribution in [0.4, 0.5) is 0 Å². The van der Waals surface area contributed by atoms with E-state index in [9.17, 15) is 4.79 Å². The number of unbranched alkanes of at least 4 members (excludes halogenated alkanes) is 7. The first kappa shape index (κ1) is 26.8. The average Bonchev–Trinajstić information content (AvgIpc) is 2.79. The highest BCUT2D eigenvalue weighted by Crippen LogP contribution is 2.37. The number of hydrogen-bond acceptors (Lipinski definition) is 5. The Balaban J connectivity index is 2.07. The maximum absolute atomic E-state index is 12.8. The van der Waals surface area contributed by atoms with Crippen molar-refractivity contribution in [2.24, 2.45) is 0 Å². The van der Waals surface area contributed by atoms with Crippen LogP contribution in [0.5, 0.6) is 17.2 Å². The van der Waals surface area contributed by atoms with Crippen LogP contribution in [0.3, 0.4) is 0 Å². The lowest BCUT2D eigenvalue weighted by Crippen LogP contribution is -2.14. The standard InChI is InChI=1S/C28H42O5/c1-5-7-9-11-12-13-14-16-20-30-24-19-17-18-23-25(24)33-28(29)27(26(23)32-22(3)4)31-21-15-10-8-6-2/h8,10,17-19,22H,5-7,9,11-16,20-21H2,1-4H3/b10-8+. The third-order valence-corrected chi connectivity index (χ3v) is 5.35. The molecule has 0 fully saturated rings. The summed E-state index contributed by atoms with van der Waals surface area (Å²) in [7, 11) is 0. The summed E-state index contributed by atoms with van der Waals surface area (Å²) in [6.45, 7) is 9.16. The van der Waals surface area contributed by atoms with E-state index in [0.29, 0.717) is 42.1 Å². The summed E-state index contributed by atoms with van der Waals surface area (Å²) >= 11 is 0. The Morgan fingerprint density at radius 2 is 1.61 bits per heavy atom. The number of benzene rings is 1. The van der Waals surface area contributed by atoms with Gasteiger partial charge >= 0.3 is 5.63 Å². The lowest BCUT2D eigenvalue weighted by atomic mass is 10.1. The first-order valence-electron chi connectivity index (χ1n) is 12.8. The van der Waals surface area contributed by atoms with Crippen molar-refractivity contribution in [2.75, 3.05) is 13.2 Å². The Bertz CT molecular complexity index is 897. The molecule has 1 aromatic heterocycles. The molecule has 5 heteroatoms. The predicted molar refractivity (Wildman–Crippen MR) is 136 cm³/mol. The Morgan fingerprint density at radius 1 is 0.879 bits per heavy atom. The molecule has 2 aromatic rings. The first-order valence-corrected chi connectivity index (χ1v) is 12.8. The van der Waals surface area contributed by atoms with E-state index in [1.165, 1.54) is 38.5 Å². The zero-order chi connectivity index (χ0) is 23.9. The third kappa shape index (κ3) is 9.15. The van der Waals surface area contributed by atoms with E-state index in [-0.39, 0.29) is 11.9 Å². The minimum atomic E-state index is -0.541. The minimum absolute atomic E-state index is 0.112. The summed E-state index contributed by atoms with van der Waals surface area (Å²) in [6.07, 6.45) is 15.6. The second kappa shape index (κ2) is 15.4. The van der Waals surface area contributed by atoms with Crippen LogP contribution >= 0.6 is 0 Å². The van der Waals surface area contributed by atoms with Gasteiger partial charge in [0.1, 0.15) is 0 Å². The van der Waals surface area contributed by atoms with Crippen LogP contribution < -0.4 is 19.8 Å².